The highest BCUT2D eigenvalue weighted by Gasteiger charge is 2.17. The molecular formula is C25H26N2O6. The lowest BCUT2D eigenvalue weighted by molar-refractivity contribution is -0.140. The van der Waals surface area contributed by atoms with Crippen molar-refractivity contribution in [2.45, 2.75) is 33.1 Å². The molecule has 0 aliphatic heterocycles. The van der Waals surface area contributed by atoms with E-state index in [1.807, 2.05) is 38.1 Å². The number of nitrogens with zero attached hydrogens (tertiary/aromatic N) is 2. The Bertz CT molecular complexity index is 1440. The second kappa shape index (κ2) is 8.97. The number of allylic oxidation sites excluding steroid dienone is 1. The summed E-state index contributed by atoms with van der Waals surface area (Å²) in [6.45, 7) is 3.88. The van der Waals surface area contributed by atoms with Crippen molar-refractivity contribution in [3.8, 4) is 5.88 Å². The van der Waals surface area contributed by atoms with E-state index < -0.39 is 5.76 Å². The van der Waals surface area contributed by atoms with Gasteiger partial charge in [-0.2, -0.15) is 0 Å². The van der Waals surface area contributed by atoms with Gasteiger partial charge in [0, 0.05) is 13.5 Å². The Balaban J connectivity index is 1.87. The average molecular weight is 450 g/mol. The fourth-order valence-electron chi connectivity index (χ4n) is 4.04. The quantitative estimate of drug-likeness (QED) is 0.298. The maximum absolute atomic E-state index is 12.1. The van der Waals surface area contributed by atoms with E-state index in [-0.39, 0.29) is 5.97 Å². The molecule has 0 atom stereocenters. The molecule has 0 saturated carbocycles. The molecule has 0 spiro atoms. The van der Waals surface area contributed by atoms with Gasteiger partial charge in [-0.05, 0) is 83.9 Å². The third-order valence-electron chi connectivity index (χ3n) is 5.78. The van der Waals surface area contributed by atoms with Gasteiger partial charge in [-0.25, -0.2) is 4.79 Å². The number of aromatic nitrogens is 2. The number of oxazole rings is 1. The van der Waals surface area contributed by atoms with Gasteiger partial charge >= 0.3 is 11.7 Å². The highest BCUT2D eigenvalue weighted by molar-refractivity contribution is 5.93. The first-order valence-electron chi connectivity index (χ1n) is 10.7. The lowest BCUT2D eigenvalue weighted by Crippen LogP contribution is -2.08. The van der Waals surface area contributed by atoms with Gasteiger partial charge < -0.3 is 18.4 Å². The predicted molar refractivity (Wildman–Crippen MR) is 124 cm³/mol. The molecule has 0 fully saturated rings. The number of carbonyl (C=O) groups excluding carboxylic acids is 1. The van der Waals surface area contributed by atoms with Crippen molar-refractivity contribution >= 4 is 33.6 Å². The maximum Gasteiger partial charge on any atom is 0.419 e. The van der Waals surface area contributed by atoms with Crippen LogP contribution in [-0.2, 0) is 16.6 Å². The molecule has 2 aromatic heterocycles. The number of methoxy groups -OCH3 is 2. The van der Waals surface area contributed by atoms with Crippen LogP contribution in [0.3, 0.4) is 0 Å². The molecule has 172 valence electrons. The van der Waals surface area contributed by atoms with Gasteiger partial charge in [0.25, 0.3) is 5.88 Å². The fraction of sp³-hybridized carbons (Fsp3) is 0.320. The van der Waals surface area contributed by atoms with Crippen molar-refractivity contribution in [3.05, 3.63) is 63.1 Å². The number of unbranched alkanes of at least 4 members (excludes halogenated alkanes) is 1. The molecule has 0 bridgehead atoms. The molecule has 4 aromatic rings. The van der Waals surface area contributed by atoms with Crippen molar-refractivity contribution in [2.75, 3.05) is 14.2 Å². The fourth-order valence-corrected chi connectivity index (χ4v) is 4.04. The molecule has 4 rings (SSSR count). The third-order valence-corrected chi connectivity index (χ3v) is 5.78. The summed E-state index contributed by atoms with van der Waals surface area (Å²) in [4.78, 5) is 23.6. The summed E-state index contributed by atoms with van der Waals surface area (Å²) in [5.41, 5.74) is 6.60. The van der Waals surface area contributed by atoms with Gasteiger partial charge in [-0.1, -0.05) is 6.08 Å². The molecule has 2 heterocycles. The largest absolute Gasteiger partial charge is 0.478 e. The molecule has 8 heteroatoms. The lowest BCUT2D eigenvalue weighted by Gasteiger charge is -2.12. The van der Waals surface area contributed by atoms with Crippen LogP contribution >= 0.6 is 0 Å². The highest BCUT2D eigenvalue weighted by Crippen LogP contribution is 2.35. The minimum absolute atomic E-state index is 0.234. The first-order valence-corrected chi connectivity index (χ1v) is 10.7. The zero-order valence-corrected chi connectivity index (χ0v) is 19.4. The van der Waals surface area contributed by atoms with E-state index in [0.29, 0.717) is 36.3 Å². The Morgan fingerprint density at radius 3 is 2.48 bits per heavy atom. The van der Waals surface area contributed by atoms with Gasteiger partial charge in [0.2, 0.25) is 0 Å². The van der Waals surface area contributed by atoms with E-state index in [1.165, 1.54) is 11.7 Å². The van der Waals surface area contributed by atoms with Crippen LogP contribution in [0.5, 0.6) is 5.88 Å². The van der Waals surface area contributed by atoms with Crippen molar-refractivity contribution < 1.29 is 23.2 Å². The maximum atomic E-state index is 12.1. The molecule has 2 aromatic carbocycles. The number of fused-ring (bicyclic) bond motifs is 2. The Labute approximate surface area is 190 Å². The van der Waals surface area contributed by atoms with E-state index >= 15 is 0 Å². The Morgan fingerprint density at radius 2 is 1.79 bits per heavy atom. The number of aryl methyl sites for hydroxylation is 3. The van der Waals surface area contributed by atoms with Gasteiger partial charge in [-0.3, -0.25) is 9.36 Å². The van der Waals surface area contributed by atoms with Crippen LogP contribution in [0, 0.1) is 13.8 Å². The van der Waals surface area contributed by atoms with E-state index in [2.05, 4.69) is 11.2 Å². The number of carbonyl (C=O) groups is 1. The van der Waals surface area contributed by atoms with Crippen LogP contribution in [0.15, 0.2) is 44.1 Å². The van der Waals surface area contributed by atoms with E-state index in [1.54, 1.807) is 14.2 Å². The summed E-state index contributed by atoms with van der Waals surface area (Å²) in [6.07, 6.45) is 3.76. The molecule has 0 aliphatic carbocycles. The van der Waals surface area contributed by atoms with Crippen molar-refractivity contribution in [1.82, 2.24) is 9.72 Å². The molecule has 0 N–H and O–H groups in total. The van der Waals surface area contributed by atoms with Gasteiger partial charge in [0.05, 0.1) is 25.1 Å². The average Bonchev–Trinajstić information content (AvgIpc) is 3.35. The van der Waals surface area contributed by atoms with E-state index in [4.69, 9.17) is 18.4 Å². The molecule has 33 heavy (non-hydrogen) atoms. The summed E-state index contributed by atoms with van der Waals surface area (Å²) < 4.78 is 22.5. The molecule has 0 radical (unpaired) electrons. The molecule has 8 nitrogen and oxygen atoms in total. The summed E-state index contributed by atoms with van der Waals surface area (Å²) in [7, 11) is 4.63. The first kappa shape index (κ1) is 22.4. The normalized spacial score (nSPS) is 12.0. The molecular weight excluding hydrogens is 424 g/mol. The van der Waals surface area contributed by atoms with Gasteiger partial charge in [-0.15, -0.1) is 0 Å². The molecule has 0 unspecified atom stereocenters. The standard InChI is InChI=1S/C25H26N2O6/c1-14-10-16(12-19-22(14)33-26-24(19)31-5)18(8-6-7-9-21(28)30-4)17-11-15(2)23-20(13-17)27(3)25(29)32-23/h8,10-13H,6-7,9H2,1-5H3. The second-order valence-electron chi connectivity index (χ2n) is 8.02. The zero-order valence-electron chi connectivity index (χ0n) is 19.4. The Kier molecular flexibility index (Phi) is 6.09. The zero-order chi connectivity index (χ0) is 23.7. The lowest BCUT2D eigenvalue weighted by atomic mass is 9.92. The molecule has 0 amide bonds. The van der Waals surface area contributed by atoms with Gasteiger partial charge in [0.1, 0.15) is 0 Å². The molecule has 0 aliphatic rings. The smallest absolute Gasteiger partial charge is 0.419 e. The summed E-state index contributed by atoms with van der Waals surface area (Å²) >= 11 is 0. The monoisotopic (exact) mass is 450 g/mol. The summed E-state index contributed by atoms with van der Waals surface area (Å²) in [6, 6.07) is 7.97. The van der Waals surface area contributed by atoms with Crippen LogP contribution in [0.1, 0.15) is 41.5 Å². The Morgan fingerprint density at radius 1 is 1.09 bits per heavy atom. The minimum Gasteiger partial charge on any atom is -0.478 e. The number of benzene rings is 2. The van der Waals surface area contributed by atoms with Crippen LogP contribution in [0.25, 0.3) is 27.6 Å². The van der Waals surface area contributed by atoms with Gasteiger partial charge in [0.15, 0.2) is 11.2 Å². The number of hydrogen-bond acceptors (Lipinski definition) is 7. The van der Waals surface area contributed by atoms with Crippen LogP contribution < -0.4 is 10.5 Å². The first-order chi connectivity index (χ1) is 15.8. The highest BCUT2D eigenvalue weighted by atomic mass is 16.5. The topological polar surface area (TPSA) is 96.7 Å². The van der Waals surface area contributed by atoms with E-state index in [0.717, 1.165) is 38.7 Å². The van der Waals surface area contributed by atoms with Crippen LogP contribution in [0.4, 0.5) is 0 Å². The summed E-state index contributed by atoms with van der Waals surface area (Å²) in [5.74, 6) is -0.216. The number of rotatable bonds is 7. The number of hydrogen-bond donors (Lipinski definition) is 0. The van der Waals surface area contributed by atoms with Crippen LogP contribution in [0.2, 0.25) is 0 Å². The number of esters is 1. The third kappa shape index (κ3) is 4.16. The minimum atomic E-state index is -0.402. The van der Waals surface area contributed by atoms with Crippen molar-refractivity contribution in [3.63, 3.8) is 0 Å². The van der Waals surface area contributed by atoms with E-state index in [9.17, 15) is 9.59 Å². The second-order valence-corrected chi connectivity index (χ2v) is 8.02. The number of ether oxygens (including phenoxy) is 2. The predicted octanol–water partition coefficient (Wildman–Crippen LogP) is 4.67. The van der Waals surface area contributed by atoms with Crippen molar-refractivity contribution in [1.29, 1.82) is 0 Å². The SMILES string of the molecule is COC(=O)CCCC=C(c1cc(C)c2onc(OC)c2c1)c1cc(C)c2oc(=O)n(C)c2c1. The Hall–Kier alpha value is -3.81. The molecule has 0 saturated heterocycles. The van der Waals surface area contributed by atoms with Crippen LogP contribution in [-0.4, -0.2) is 29.9 Å². The summed E-state index contributed by atoms with van der Waals surface area (Å²) in [5, 5.41) is 4.78. The van der Waals surface area contributed by atoms with Crippen molar-refractivity contribution in [2.24, 2.45) is 7.05 Å².